The second kappa shape index (κ2) is 15.2. The number of esters is 2. The third kappa shape index (κ3) is 11.1. The molecule has 0 saturated carbocycles. The summed E-state index contributed by atoms with van der Waals surface area (Å²) in [5.74, 6) is -2.81. The fourth-order valence-corrected chi connectivity index (χ4v) is 6.66. The number of carbonyl (C=O) groups excluding carboxylic acids is 3. The summed E-state index contributed by atoms with van der Waals surface area (Å²) in [6, 6.07) is 9.85. The van der Waals surface area contributed by atoms with Gasteiger partial charge >= 0.3 is 25.9 Å². The molecule has 256 valence electrons. The Morgan fingerprint density at radius 3 is 2.09 bits per heavy atom. The predicted molar refractivity (Wildman–Crippen MR) is 170 cm³/mol. The third-order valence-electron chi connectivity index (χ3n) is 6.09. The topological polar surface area (TPSA) is 126 Å². The number of halogens is 4. The zero-order valence-electron chi connectivity index (χ0n) is 26.3. The maximum Gasteiger partial charge on any atom is 0.573 e. The highest BCUT2D eigenvalue weighted by atomic mass is 35.5. The minimum Gasteiger partial charge on any atom is -0.438 e. The van der Waals surface area contributed by atoms with Gasteiger partial charge in [-0.1, -0.05) is 23.7 Å². The number of ether oxygens (including phenoxy) is 3. The summed E-state index contributed by atoms with van der Waals surface area (Å²) in [4.78, 5) is 38.7. The predicted octanol–water partition coefficient (Wildman–Crippen LogP) is 8.60. The molecule has 1 atom stereocenters. The second-order valence-corrected chi connectivity index (χ2v) is 15.6. The van der Waals surface area contributed by atoms with Gasteiger partial charge in [-0.2, -0.15) is 0 Å². The van der Waals surface area contributed by atoms with Crippen LogP contribution < -0.4 is 10.1 Å². The summed E-state index contributed by atoms with van der Waals surface area (Å²) in [6.45, 7) is 7.78. The number of fused-ring (bicyclic) bond motifs is 1. The lowest BCUT2D eigenvalue weighted by Gasteiger charge is -2.27. The van der Waals surface area contributed by atoms with Gasteiger partial charge in [0.15, 0.2) is 5.66 Å². The molecule has 0 fully saturated rings. The number of hydrogen-bond acceptors (Lipinski definition) is 10. The van der Waals surface area contributed by atoms with E-state index in [1.165, 1.54) is 29.5 Å². The van der Waals surface area contributed by atoms with Gasteiger partial charge in [-0.15, -0.1) is 24.5 Å². The molecule has 3 rings (SSSR count). The van der Waals surface area contributed by atoms with Crippen LogP contribution in [0.2, 0.25) is 5.02 Å². The van der Waals surface area contributed by atoms with E-state index in [2.05, 4.69) is 10.1 Å². The number of amides is 1. The number of alkyl halides is 3. The van der Waals surface area contributed by atoms with Crippen molar-refractivity contribution in [2.45, 2.75) is 53.6 Å². The fraction of sp³-hybridized carbons (Fsp3) is 0.387. The zero-order valence-corrected chi connectivity index (χ0v) is 28.8. The number of nitrogens with one attached hydrogen (secondary N) is 1. The van der Waals surface area contributed by atoms with Crippen LogP contribution >= 0.6 is 30.5 Å². The lowest BCUT2D eigenvalue weighted by atomic mass is 9.98. The molecule has 16 heteroatoms. The summed E-state index contributed by atoms with van der Waals surface area (Å²) in [5, 5.41) is 4.76. The molecule has 0 spiro atoms. The van der Waals surface area contributed by atoms with Gasteiger partial charge in [0.2, 0.25) is 19.5 Å². The molecule has 0 aliphatic carbocycles. The zero-order chi connectivity index (χ0) is 35.2. The average Bonchev–Trinajstić information content (AvgIpc) is 3.33. The highest BCUT2D eigenvalue weighted by Crippen LogP contribution is 2.62. The standard InChI is InChI=1S/C31H34ClF3NO9PS/c1-29(2,3)27(38)41-17-43-46(40,44-18-42-28(39)30(4,5)6)25(23-16-47-24-11-10-20(32)15-22(23)24)26(37)36-13-12-19-8-7-9-21(14-19)45-31(33,34)35/h7-16,25H,17-18H2,1-6H3,(H,36,37)/b13-12+. The van der Waals surface area contributed by atoms with Crippen molar-refractivity contribution in [2.75, 3.05) is 13.6 Å². The fourth-order valence-electron chi connectivity index (χ4n) is 3.73. The molecule has 1 heterocycles. The summed E-state index contributed by atoms with van der Waals surface area (Å²) in [5.41, 5.74) is -3.22. The van der Waals surface area contributed by atoms with E-state index in [0.29, 0.717) is 15.1 Å². The molecule has 0 saturated heterocycles. The molecule has 0 radical (unpaired) electrons. The first-order chi connectivity index (χ1) is 21.7. The lowest BCUT2D eigenvalue weighted by molar-refractivity contribution is -0.274. The molecule has 0 bridgehead atoms. The third-order valence-corrected chi connectivity index (χ3v) is 9.38. The van der Waals surface area contributed by atoms with Crippen LogP contribution in [-0.2, 0) is 37.5 Å². The molecular formula is C31H34ClF3NO9PS. The van der Waals surface area contributed by atoms with Crippen molar-refractivity contribution in [1.29, 1.82) is 0 Å². The highest BCUT2D eigenvalue weighted by molar-refractivity contribution is 7.55. The van der Waals surface area contributed by atoms with Crippen molar-refractivity contribution in [2.24, 2.45) is 10.8 Å². The molecule has 0 aliphatic heterocycles. The molecule has 3 aromatic rings. The van der Waals surface area contributed by atoms with Crippen molar-refractivity contribution in [1.82, 2.24) is 5.32 Å². The SMILES string of the molecule is CC(C)(C)C(=O)OCOP(=O)(OCOC(=O)C(C)(C)C)C(C(=O)N/C=C/c1cccc(OC(F)(F)F)c1)c1csc2ccc(Cl)cc12. The Balaban J connectivity index is 2.01. The van der Waals surface area contributed by atoms with Crippen LogP contribution in [-0.4, -0.2) is 37.8 Å². The summed E-state index contributed by atoms with van der Waals surface area (Å²) < 4.78 is 78.6. The summed E-state index contributed by atoms with van der Waals surface area (Å²) in [6.07, 6.45) is -2.50. The largest absolute Gasteiger partial charge is 0.573 e. The van der Waals surface area contributed by atoms with Crippen molar-refractivity contribution in [3.8, 4) is 5.75 Å². The number of thiophene rings is 1. The highest BCUT2D eigenvalue weighted by Gasteiger charge is 2.45. The van der Waals surface area contributed by atoms with Crippen LogP contribution in [0.25, 0.3) is 16.2 Å². The Labute approximate surface area is 278 Å². The molecule has 1 N–H and O–H groups in total. The number of hydrogen-bond donors (Lipinski definition) is 1. The maximum absolute atomic E-state index is 14.6. The quantitative estimate of drug-likeness (QED) is 0.111. The van der Waals surface area contributed by atoms with Gasteiger partial charge in [0.1, 0.15) is 5.75 Å². The first kappa shape index (κ1) is 38.0. The van der Waals surface area contributed by atoms with Gasteiger partial charge in [0.25, 0.3) is 0 Å². The Morgan fingerprint density at radius 1 is 0.936 bits per heavy atom. The van der Waals surface area contributed by atoms with Gasteiger partial charge in [0, 0.05) is 15.9 Å². The van der Waals surface area contributed by atoms with Crippen LogP contribution in [0.1, 0.15) is 58.3 Å². The Hall–Kier alpha value is -3.42. The van der Waals surface area contributed by atoms with E-state index in [4.69, 9.17) is 30.1 Å². The number of benzene rings is 2. The Kier molecular flexibility index (Phi) is 12.3. The van der Waals surface area contributed by atoms with Crippen molar-refractivity contribution in [3.63, 3.8) is 0 Å². The summed E-state index contributed by atoms with van der Waals surface area (Å²) >= 11 is 7.45. The van der Waals surface area contributed by atoms with E-state index in [0.717, 1.165) is 18.3 Å². The number of rotatable bonds is 12. The van der Waals surface area contributed by atoms with E-state index in [9.17, 15) is 32.1 Å². The molecule has 0 aliphatic rings. The Morgan fingerprint density at radius 2 is 1.53 bits per heavy atom. The van der Waals surface area contributed by atoms with E-state index >= 15 is 0 Å². The van der Waals surface area contributed by atoms with Crippen LogP contribution in [0.5, 0.6) is 5.75 Å². The molecule has 47 heavy (non-hydrogen) atoms. The normalized spacial score (nSPS) is 13.4. The van der Waals surface area contributed by atoms with Gasteiger partial charge in [0.05, 0.1) is 10.8 Å². The van der Waals surface area contributed by atoms with Crippen LogP contribution in [0, 0.1) is 10.8 Å². The Bertz CT molecular complexity index is 1640. The molecule has 1 unspecified atom stereocenters. The number of carbonyl (C=O) groups is 3. The van der Waals surface area contributed by atoms with Crippen molar-refractivity contribution >= 4 is 64.5 Å². The lowest BCUT2D eigenvalue weighted by Crippen LogP contribution is -2.29. The summed E-state index contributed by atoms with van der Waals surface area (Å²) in [7, 11) is -4.74. The van der Waals surface area contributed by atoms with Crippen molar-refractivity contribution < 1.29 is 55.4 Å². The molecule has 2 aromatic carbocycles. The van der Waals surface area contributed by atoms with E-state index in [1.807, 2.05) is 0 Å². The van der Waals surface area contributed by atoms with E-state index in [1.54, 1.807) is 65.1 Å². The van der Waals surface area contributed by atoms with E-state index < -0.39 is 67.6 Å². The first-order valence-corrected chi connectivity index (χ1v) is 16.8. The minimum atomic E-state index is -4.90. The minimum absolute atomic E-state index is 0.173. The van der Waals surface area contributed by atoms with Gasteiger partial charge in [-0.3, -0.25) is 28.0 Å². The van der Waals surface area contributed by atoms with Crippen molar-refractivity contribution in [3.05, 3.63) is 70.2 Å². The van der Waals surface area contributed by atoms with Crippen LogP contribution in [0.4, 0.5) is 13.2 Å². The monoisotopic (exact) mass is 719 g/mol. The average molecular weight is 720 g/mol. The molecule has 1 amide bonds. The first-order valence-electron chi connectivity index (χ1n) is 13.9. The van der Waals surface area contributed by atoms with Gasteiger partial charge in [-0.05, 0) is 99.8 Å². The smallest absolute Gasteiger partial charge is 0.438 e. The second-order valence-electron chi connectivity index (χ2n) is 12.1. The molecular weight excluding hydrogens is 686 g/mol. The molecule has 1 aromatic heterocycles. The van der Waals surface area contributed by atoms with Gasteiger partial charge in [-0.25, -0.2) is 0 Å². The van der Waals surface area contributed by atoms with E-state index in [-0.39, 0.29) is 11.1 Å². The van der Waals surface area contributed by atoms with Gasteiger partial charge < -0.3 is 19.5 Å². The van der Waals surface area contributed by atoms with Crippen LogP contribution in [0.3, 0.4) is 0 Å². The van der Waals surface area contributed by atoms with Crippen LogP contribution in [0.15, 0.2) is 54.0 Å². The molecule has 10 nitrogen and oxygen atoms in total. The maximum atomic E-state index is 14.6.